The van der Waals surface area contributed by atoms with Gasteiger partial charge in [-0.1, -0.05) is 48.5 Å². The third kappa shape index (κ3) is 3.57. The number of aromatic nitrogens is 3. The molecule has 0 aliphatic carbocycles. The highest BCUT2D eigenvalue weighted by Crippen LogP contribution is 2.43. The molecule has 0 spiro atoms. The monoisotopic (exact) mass is 394 g/mol. The van der Waals surface area contributed by atoms with Crippen molar-refractivity contribution >= 4 is 6.21 Å². The van der Waals surface area contributed by atoms with Gasteiger partial charge in [0, 0.05) is 43.0 Å². The first-order chi connectivity index (χ1) is 14.8. The number of nitrogens with zero attached hydrogens (tertiary/aromatic N) is 4. The molecule has 5 heteroatoms. The Hall–Kier alpha value is -3.86. The van der Waals surface area contributed by atoms with Crippen LogP contribution in [0.3, 0.4) is 0 Å². The van der Waals surface area contributed by atoms with Crippen molar-refractivity contribution in [1.82, 2.24) is 15.0 Å². The minimum Gasteiger partial charge on any atom is -0.411 e. The fourth-order valence-corrected chi connectivity index (χ4v) is 4.08. The van der Waals surface area contributed by atoms with Crippen LogP contribution in [0.15, 0.2) is 96.9 Å². The summed E-state index contributed by atoms with van der Waals surface area (Å²) in [6.45, 7) is 2.11. The molecule has 2 aromatic heterocycles. The maximum atomic E-state index is 9.28. The summed E-state index contributed by atoms with van der Waals surface area (Å²) in [5, 5.41) is 12.6. The lowest BCUT2D eigenvalue weighted by Gasteiger charge is -2.36. The zero-order valence-corrected chi connectivity index (χ0v) is 16.7. The van der Waals surface area contributed by atoms with Gasteiger partial charge in [0.2, 0.25) is 0 Å². The van der Waals surface area contributed by atoms with E-state index < -0.39 is 5.41 Å². The zero-order valence-electron chi connectivity index (χ0n) is 16.7. The van der Waals surface area contributed by atoms with E-state index in [1.807, 2.05) is 24.3 Å². The molecule has 0 aliphatic rings. The first-order valence-corrected chi connectivity index (χ1v) is 9.74. The molecule has 1 atom stereocenters. The predicted octanol–water partition coefficient (Wildman–Crippen LogP) is 5.03. The van der Waals surface area contributed by atoms with E-state index >= 15 is 0 Å². The lowest BCUT2D eigenvalue weighted by Crippen LogP contribution is -2.31. The van der Waals surface area contributed by atoms with Gasteiger partial charge in [0.25, 0.3) is 0 Å². The highest BCUT2D eigenvalue weighted by Gasteiger charge is 2.36. The SMILES string of the molecule is Cc1ccccc1C(CC=NO)(c1ccncc1)c1ccc(-c2cncnc2)cc1. The van der Waals surface area contributed by atoms with Crippen molar-refractivity contribution in [1.29, 1.82) is 0 Å². The Bertz CT molecular complexity index is 1130. The van der Waals surface area contributed by atoms with Gasteiger partial charge in [0.1, 0.15) is 6.33 Å². The molecule has 0 bridgehead atoms. The topological polar surface area (TPSA) is 71.3 Å². The molecule has 5 nitrogen and oxygen atoms in total. The molecular formula is C25H22N4O. The molecule has 0 fully saturated rings. The lowest BCUT2D eigenvalue weighted by atomic mass is 9.66. The molecule has 2 heterocycles. The second-order valence-electron chi connectivity index (χ2n) is 7.16. The van der Waals surface area contributed by atoms with Gasteiger partial charge in [-0.05, 0) is 46.9 Å². The molecule has 0 saturated carbocycles. The van der Waals surface area contributed by atoms with Crippen LogP contribution in [0.2, 0.25) is 0 Å². The number of oxime groups is 1. The van der Waals surface area contributed by atoms with Crippen LogP contribution in [0.4, 0.5) is 0 Å². The first-order valence-electron chi connectivity index (χ1n) is 9.74. The van der Waals surface area contributed by atoms with Gasteiger partial charge in [0.15, 0.2) is 0 Å². The quantitative estimate of drug-likeness (QED) is 0.283. The largest absolute Gasteiger partial charge is 0.411 e. The van der Waals surface area contributed by atoms with Crippen LogP contribution in [0.1, 0.15) is 28.7 Å². The van der Waals surface area contributed by atoms with Gasteiger partial charge in [-0.3, -0.25) is 4.98 Å². The highest BCUT2D eigenvalue weighted by atomic mass is 16.4. The van der Waals surface area contributed by atoms with Crippen LogP contribution < -0.4 is 0 Å². The summed E-state index contributed by atoms with van der Waals surface area (Å²) >= 11 is 0. The Balaban J connectivity index is 1.94. The van der Waals surface area contributed by atoms with Gasteiger partial charge in [-0.2, -0.15) is 0 Å². The van der Waals surface area contributed by atoms with E-state index in [0.717, 1.165) is 27.8 Å². The van der Waals surface area contributed by atoms with Crippen molar-refractivity contribution < 1.29 is 5.21 Å². The summed E-state index contributed by atoms with van der Waals surface area (Å²) in [7, 11) is 0. The standard InChI is InChI=1S/C25H22N4O/c1-19-4-2-3-5-24(19)25(12-15-29-30,23-10-13-26-14-11-23)22-8-6-20(7-9-22)21-16-27-18-28-17-21/h2-11,13-18,30H,12H2,1H3. The Kier molecular flexibility index (Phi) is 5.61. The van der Waals surface area contributed by atoms with E-state index in [1.165, 1.54) is 11.9 Å². The molecule has 4 rings (SSSR count). The summed E-state index contributed by atoms with van der Waals surface area (Å²) in [4.78, 5) is 12.4. The van der Waals surface area contributed by atoms with E-state index in [9.17, 15) is 5.21 Å². The van der Waals surface area contributed by atoms with Gasteiger partial charge < -0.3 is 5.21 Å². The summed E-state index contributed by atoms with van der Waals surface area (Å²) in [5.74, 6) is 0. The van der Waals surface area contributed by atoms with Crippen LogP contribution in [-0.2, 0) is 5.41 Å². The Morgan fingerprint density at radius 1 is 0.833 bits per heavy atom. The number of hydrogen-bond donors (Lipinski definition) is 1. The van der Waals surface area contributed by atoms with Crippen molar-refractivity contribution in [2.24, 2.45) is 5.16 Å². The number of rotatable bonds is 6. The number of benzene rings is 2. The molecule has 4 aromatic rings. The van der Waals surface area contributed by atoms with Crippen molar-refractivity contribution in [2.45, 2.75) is 18.8 Å². The van der Waals surface area contributed by atoms with Crippen molar-refractivity contribution in [3.05, 3.63) is 114 Å². The molecule has 0 amide bonds. The number of aryl methyl sites for hydroxylation is 1. The van der Waals surface area contributed by atoms with Gasteiger partial charge in [0.05, 0.1) is 5.41 Å². The molecule has 2 aromatic carbocycles. The summed E-state index contributed by atoms with van der Waals surface area (Å²) in [6, 6.07) is 20.8. The Labute approximate surface area is 175 Å². The van der Waals surface area contributed by atoms with E-state index in [4.69, 9.17) is 0 Å². The lowest BCUT2D eigenvalue weighted by molar-refractivity contribution is 0.319. The molecule has 1 unspecified atom stereocenters. The fraction of sp³-hybridized carbons (Fsp3) is 0.120. The molecule has 148 valence electrons. The first kappa shape index (κ1) is 19.5. The van der Waals surface area contributed by atoms with E-state index in [-0.39, 0.29) is 0 Å². The smallest absolute Gasteiger partial charge is 0.115 e. The van der Waals surface area contributed by atoms with Crippen LogP contribution in [0.25, 0.3) is 11.1 Å². The number of hydrogen-bond acceptors (Lipinski definition) is 5. The second kappa shape index (κ2) is 8.66. The fourth-order valence-electron chi connectivity index (χ4n) is 4.08. The molecular weight excluding hydrogens is 372 g/mol. The average Bonchev–Trinajstić information content (AvgIpc) is 2.82. The van der Waals surface area contributed by atoms with Crippen molar-refractivity contribution in [3.63, 3.8) is 0 Å². The molecule has 1 N–H and O–H groups in total. The van der Waals surface area contributed by atoms with Gasteiger partial charge in [-0.25, -0.2) is 9.97 Å². The van der Waals surface area contributed by atoms with Crippen LogP contribution in [0, 0.1) is 6.92 Å². The molecule has 30 heavy (non-hydrogen) atoms. The zero-order chi connectivity index (χ0) is 20.8. The molecule has 0 aliphatic heterocycles. The Morgan fingerprint density at radius 2 is 1.50 bits per heavy atom. The van der Waals surface area contributed by atoms with Crippen LogP contribution in [-0.4, -0.2) is 26.4 Å². The average molecular weight is 394 g/mol. The summed E-state index contributed by atoms with van der Waals surface area (Å²) in [5.41, 5.74) is 6.00. The summed E-state index contributed by atoms with van der Waals surface area (Å²) in [6.07, 6.45) is 10.8. The highest BCUT2D eigenvalue weighted by molar-refractivity contribution is 5.68. The van der Waals surface area contributed by atoms with Gasteiger partial charge >= 0.3 is 0 Å². The van der Waals surface area contributed by atoms with E-state index in [0.29, 0.717) is 6.42 Å². The van der Waals surface area contributed by atoms with Crippen molar-refractivity contribution in [3.8, 4) is 11.1 Å². The second-order valence-corrected chi connectivity index (χ2v) is 7.16. The normalized spacial score (nSPS) is 13.2. The third-order valence-electron chi connectivity index (χ3n) is 5.53. The third-order valence-corrected chi connectivity index (χ3v) is 5.53. The van der Waals surface area contributed by atoms with E-state index in [2.05, 4.69) is 63.4 Å². The Morgan fingerprint density at radius 3 is 2.17 bits per heavy atom. The van der Waals surface area contributed by atoms with Crippen molar-refractivity contribution in [2.75, 3.05) is 0 Å². The minimum atomic E-state index is -0.522. The summed E-state index contributed by atoms with van der Waals surface area (Å²) < 4.78 is 0. The maximum absolute atomic E-state index is 9.28. The molecule has 0 saturated heterocycles. The maximum Gasteiger partial charge on any atom is 0.115 e. The minimum absolute atomic E-state index is 0.506. The predicted molar refractivity (Wildman–Crippen MR) is 118 cm³/mol. The van der Waals surface area contributed by atoms with Crippen LogP contribution in [0.5, 0.6) is 0 Å². The molecule has 0 radical (unpaired) electrons. The van der Waals surface area contributed by atoms with Gasteiger partial charge in [-0.15, -0.1) is 5.16 Å². The van der Waals surface area contributed by atoms with Crippen LogP contribution >= 0.6 is 0 Å². The van der Waals surface area contributed by atoms with E-state index in [1.54, 1.807) is 31.0 Å². The number of pyridine rings is 1.